The highest BCUT2D eigenvalue weighted by atomic mass is 16.5. The third-order valence-corrected chi connectivity index (χ3v) is 4.36. The number of aromatic hydroxyl groups is 1. The quantitative estimate of drug-likeness (QED) is 0.553. The number of hydrogen-bond donors (Lipinski definition) is 1. The Labute approximate surface area is 167 Å². The topological polar surface area (TPSA) is 55.5 Å². The summed E-state index contributed by atoms with van der Waals surface area (Å²) in [4.78, 5) is 0. The molecule has 1 heterocycles. The number of ether oxygens (including phenoxy) is 1. The smallest absolute Gasteiger partial charge is 0.142 e. The van der Waals surface area contributed by atoms with Gasteiger partial charge in [-0.05, 0) is 42.3 Å². The second-order valence-corrected chi connectivity index (χ2v) is 6.42. The van der Waals surface area contributed by atoms with Crippen LogP contribution in [0.4, 0.5) is 0 Å². The highest BCUT2D eigenvalue weighted by Gasteiger charge is 2.19. The maximum absolute atomic E-state index is 10.3. The van der Waals surface area contributed by atoms with Gasteiger partial charge in [0, 0.05) is 12.0 Å². The summed E-state index contributed by atoms with van der Waals surface area (Å²) >= 11 is 0. The molecule has 0 radical (unpaired) electrons. The molecule has 0 amide bonds. The summed E-state index contributed by atoms with van der Waals surface area (Å²) in [7, 11) is 1.63. The summed E-state index contributed by atoms with van der Waals surface area (Å²) in [5.74, 6) is 4.19. The van der Waals surface area contributed by atoms with E-state index in [0.29, 0.717) is 23.4 Å². The molecule has 1 N–H and O–H groups in total. The highest BCUT2D eigenvalue weighted by molar-refractivity contribution is 5.84. The molecule has 0 saturated heterocycles. The van der Waals surface area contributed by atoms with E-state index in [-0.39, 0.29) is 5.75 Å². The van der Waals surface area contributed by atoms with Crippen molar-refractivity contribution in [3.8, 4) is 46.2 Å². The van der Waals surface area contributed by atoms with Crippen LogP contribution in [0.1, 0.15) is 38.0 Å². The van der Waals surface area contributed by atoms with Gasteiger partial charge in [0.2, 0.25) is 0 Å². The Balaban J connectivity index is 0.000000640. The van der Waals surface area contributed by atoms with Crippen molar-refractivity contribution >= 4 is 0 Å². The lowest BCUT2D eigenvalue weighted by molar-refractivity contribution is 0.399. The molecule has 3 rings (SSSR count). The molecule has 1 aromatic heterocycles. The zero-order chi connectivity index (χ0) is 20.5. The van der Waals surface area contributed by atoms with Gasteiger partial charge in [-0.25, -0.2) is 0 Å². The van der Waals surface area contributed by atoms with Crippen LogP contribution in [0.3, 0.4) is 0 Å². The lowest BCUT2D eigenvalue weighted by Crippen LogP contribution is -1.89. The number of phenols is 1. The van der Waals surface area contributed by atoms with Crippen LogP contribution < -0.4 is 4.74 Å². The molecule has 0 unspecified atom stereocenters. The third-order valence-electron chi connectivity index (χ3n) is 4.36. The molecule has 0 saturated carbocycles. The van der Waals surface area contributed by atoms with Crippen LogP contribution in [0.25, 0.3) is 22.4 Å². The zero-order valence-corrected chi connectivity index (χ0v) is 17.0. The Morgan fingerprint density at radius 3 is 2.36 bits per heavy atom. The number of phenolic OH excluding ortho intramolecular Hbond substituents is 1. The number of rotatable bonds is 5. The molecule has 4 nitrogen and oxygen atoms in total. The summed E-state index contributed by atoms with van der Waals surface area (Å²) in [5, 5.41) is 14.4. The standard InChI is InChI=1S/C20H17NO3.C4H10/c1-4-5-14-6-11-18(22)17(12-14)20-19(13(2)24-21-20)15-7-9-16(23-3)10-8-15;1-3-4-2/h1,6-12,22H,5H2,2-3H3;3-4H2,1-2H3. The number of aryl methyl sites for hydroxylation is 1. The van der Waals surface area contributed by atoms with Gasteiger partial charge in [0.25, 0.3) is 0 Å². The van der Waals surface area contributed by atoms with E-state index < -0.39 is 0 Å². The van der Waals surface area contributed by atoms with Gasteiger partial charge in [0.1, 0.15) is 23.0 Å². The van der Waals surface area contributed by atoms with Crippen molar-refractivity contribution in [1.82, 2.24) is 5.16 Å². The van der Waals surface area contributed by atoms with E-state index in [2.05, 4.69) is 24.9 Å². The molecule has 3 aromatic rings. The number of aromatic nitrogens is 1. The average Bonchev–Trinajstić information content (AvgIpc) is 3.11. The minimum absolute atomic E-state index is 0.138. The minimum Gasteiger partial charge on any atom is -0.507 e. The van der Waals surface area contributed by atoms with Gasteiger partial charge < -0.3 is 14.4 Å². The van der Waals surface area contributed by atoms with Crippen LogP contribution in [-0.4, -0.2) is 17.4 Å². The predicted octanol–water partition coefficient (Wildman–Crippen LogP) is 6.01. The Morgan fingerprint density at radius 1 is 1.11 bits per heavy atom. The number of benzene rings is 2. The van der Waals surface area contributed by atoms with E-state index in [0.717, 1.165) is 22.4 Å². The normalized spacial score (nSPS) is 9.96. The first kappa shape index (κ1) is 21.1. The molecule has 4 heteroatoms. The Morgan fingerprint density at radius 2 is 1.79 bits per heavy atom. The minimum atomic E-state index is 0.138. The van der Waals surface area contributed by atoms with E-state index >= 15 is 0 Å². The van der Waals surface area contributed by atoms with E-state index in [1.807, 2.05) is 37.3 Å². The van der Waals surface area contributed by atoms with Crippen molar-refractivity contribution in [3.05, 3.63) is 53.8 Å². The summed E-state index contributed by atoms with van der Waals surface area (Å²) in [5.41, 5.74) is 3.91. The lowest BCUT2D eigenvalue weighted by Gasteiger charge is -2.07. The van der Waals surface area contributed by atoms with Gasteiger partial charge in [0.05, 0.1) is 12.7 Å². The van der Waals surface area contributed by atoms with Crippen LogP contribution in [0.15, 0.2) is 47.0 Å². The van der Waals surface area contributed by atoms with Crippen molar-refractivity contribution in [3.63, 3.8) is 0 Å². The first-order valence-electron chi connectivity index (χ1n) is 9.42. The first-order valence-corrected chi connectivity index (χ1v) is 9.42. The fourth-order valence-corrected chi connectivity index (χ4v) is 2.65. The summed E-state index contributed by atoms with van der Waals surface area (Å²) in [6.45, 7) is 6.21. The van der Waals surface area contributed by atoms with E-state index in [1.54, 1.807) is 19.2 Å². The molecule has 0 aliphatic rings. The van der Waals surface area contributed by atoms with Crippen LogP contribution in [0.5, 0.6) is 11.5 Å². The summed E-state index contributed by atoms with van der Waals surface area (Å²) < 4.78 is 10.6. The molecular formula is C24H27NO3. The Kier molecular flexibility index (Phi) is 7.71. The summed E-state index contributed by atoms with van der Waals surface area (Å²) in [6.07, 6.45) is 8.51. The molecule has 0 bridgehead atoms. The van der Waals surface area contributed by atoms with Crippen LogP contribution in [0, 0.1) is 19.3 Å². The van der Waals surface area contributed by atoms with E-state index in [1.165, 1.54) is 12.8 Å². The monoisotopic (exact) mass is 377 g/mol. The SMILES string of the molecule is C#CCc1ccc(O)c(-c2noc(C)c2-c2ccc(OC)cc2)c1.CCCC. The fraction of sp³-hybridized carbons (Fsp3) is 0.292. The lowest BCUT2D eigenvalue weighted by atomic mass is 9.97. The van der Waals surface area contributed by atoms with Crippen LogP contribution in [0.2, 0.25) is 0 Å². The number of methoxy groups -OCH3 is 1. The Hall–Kier alpha value is -3.19. The van der Waals surface area contributed by atoms with E-state index in [9.17, 15) is 5.11 Å². The number of nitrogens with zero attached hydrogens (tertiary/aromatic N) is 1. The molecule has 0 spiro atoms. The maximum atomic E-state index is 10.3. The van der Waals surface area contributed by atoms with Crippen molar-refractivity contribution in [2.24, 2.45) is 0 Å². The van der Waals surface area contributed by atoms with Gasteiger partial charge in [-0.15, -0.1) is 12.3 Å². The van der Waals surface area contributed by atoms with Crippen LogP contribution in [-0.2, 0) is 6.42 Å². The summed E-state index contributed by atoms with van der Waals surface area (Å²) in [6, 6.07) is 12.9. The molecule has 28 heavy (non-hydrogen) atoms. The molecule has 0 atom stereocenters. The second kappa shape index (κ2) is 10.2. The van der Waals surface area contributed by atoms with Gasteiger partial charge in [-0.1, -0.05) is 50.0 Å². The van der Waals surface area contributed by atoms with Gasteiger partial charge in [-0.3, -0.25) is 0 Å². The molecule has 2 aromatic carbocycles. The second-order valence-electron chi connectivity index (χ2n) is 6.42. The number of hydrogen-bond acceptors (Lipinski definition) is 4. The first-order chi connectivity index (χ1) is 13.5. The fourth-order valence-electron chi connectivity index (χ4n) is 2.65. The molecule has 146 valence electrons. The molecule has 0 aliphatic carbocycles. The van der Waals surface area contributed by atoms with Crippen molar-refractivity contribution in [1.29, 1.82) is 0 Å². The predicted molar refractivity (Wildman–Crippen MR) is 113 cm³/mol. The van der Waals surface area contributed by atoms with Gasteiger partial charge >= 0.3 is 0 Å². The number of terminal acetylenes is 1. The molecular weight excluding hydrogens is 350 g/mol. The number of unbranched alkanes of at least 4 members (excludes halogenated alkanes) is 1. The van der Waals surface area contributed by atoms with Crippen molar-refractivity contribution in [2.45, 2.75) is 40.0 Å². The molecule has 0 fully saturated rings. The van der Waals surface area contributed by atoms with Gasteiger partial charge in [-0.2, -0.15) is 0 Å². The zero-order valence-electron chi connectivity index (χ0n) is 17.0. The van der Waals surface area contributed by atoms with E-state index in [4.69, 9.17) is 15.7 Å². The maximum Gasteiger partial charge on any atom is 0.142 e. The molecule has 0 aliphatic heterocycles. The van der Waals surface area contributed by atoms with Crippen LogP contribution >= 0.6 is 0 Å². The Bertz CT molecular complexity index is 931. The van der Waals surface area contributed by atoms with Crippen molar-refractivity contribution < 1.29 is 14.4 Å². The largest absolute Gasteiger partial charge is 0.507 e. The third kappa shape index (κ3) is 4.95. The van der Waals surface area contributed by atoms with Crippen molar-refractivity contribution in [2.75, 3.05) is 7.11 Å². The van der Waals surface area contributed by atoms with Gasteiger partial charge in [0.15, 0.2) is 0 Å². The average molecular weight is 377 g/mol. The highest BCUT2D eigenvalue weighted by Crippen LogP contribution is 2.39.